The Balaban J connectivity index is 3.93. The molecule has 1 atom stereocenters. The minimum Gasteiger partial charge on any atom is -0.383 e. The van der Waals surface area contributed by atoms with Gasteiger partial charge in [0.25, 0.3) is 0 Å². The van der Waals surface area contributed by atoms with E-state index in [4.69, 9.17) is 10.6 Å². The third-order valence-electron chi connectivity index (χ3n) is 1.53. The number of hydrazine groups is 1. The van der Waals surface area contributed by atoms with Crippen LogP contribution in [0.4, 0.5) is 0 Å². The van der Waals surface area contributed by atoms with E-state index in [-0.39, 0.29) is 6.04 Å². The van der Waals surface area contributed by atoms with Crippen LogP contribution in [0.1, 0.15) is 13.3 Å². The summed E-state index contributed by atoms with van der Waals surface area (Å²) < 4.78 is 4.83. The van der Waals surface area contributed by atoms with Crippen LogP contribution >= 0.6 is 0 Å². The van der Waals surface area contributed by atoms with Gasteiger partial charge < -0.3 is 10.1 Å². The summed E-state index contributed by atoms with van der Waals surface area (Å²) in [5, 5.41) is 2.46. The fourth-order valence-corrected chi connectivity index (χ4v) is 0.779. The molecule has 0 aromatic heterocycles. The van der Waals surface area contributed by atoms with Crippen LogP contribution in [0.15, 0.2) is 0 Å². The summed E-state index contributed by atoms with van der Waals surface area (Å²) in [5.74, 6) is 3.18. The third kappa shape index (κ3) is 4.44. The lowest BCUT2D eigenvalue weighted by atomic mass is 10.2. The van der Waals surface area contributed by atoms with Gasteiger partial charge in [0.05, 0.1) is 12.6 Å². The molecule has 4 N–H and O–H groups in total. The largest absolute Gasteiger partial charge is 0.383 e. The van der Waals surface area contributed by atoms with E-state index >= 15 is 0 Å². The van der Waals surface area contributed by atoms with Gasteiger partial charge in [0, 0.05) is 7.11 Å². The van der Waals surface area contributed by atoms with Gasteiger partial charge in [0.1, 0.15) is 0 Å². The second-order valence-electron chi connectivity index (χ2n) is 2.51. The Morgan fingerprint density at radius 1 is 1.46 bits per heavy atom. The topological polar surface area (TPSA) is 93.4 Å². The summed E-state index contributed by atoms with van der Waals surface area (Å²) in [7, 11) is 1.53. The normalized spacial score (nSPS) is 11.9. The van der Waals surface area contributed by atoms with Crippen molar-refractivity contribution in [1.29, 1.82) is 0 Å². The van der Waals surface area contributed by atoms with Crippen molar-refractivity contribution in [1.82, 2.24) is 10.7 Å². The van der Waals surface area contributed by atoms with Crippen LogP contribution in [0.3, 0.4) is 0 Å². The van der Waals surface area contributed by atoms with Crippen molar-refractivity contribution in [3.8, 4) is 0 Å². The monoisotopic (exact) mass is 189 g/mol. The van der Waals surface area contributed by atoms with Gasteiger partial charge in [-0.1, -0.05) is 6.92 Å². The lowest BCUT2D eigenvalue weighted by Crippen LogP contribution is -2.47. The maximum atomic E-state index is 11.0. The molecule has 0 fully saturated rings. The van der Waals surface area contributed by atoms with Gasteiger partial charge in [-0.3, -0.25) is 15.0 Å². The first-order valence-corrected chi connectivity index (χ1v) is 3.96. The molecule has 1 unspecified atom stereocenters. The quantitative estimate of drug-likeness (QED) is 0.217. The fraction of sp³-hybridized carbons (Fsp3) is 0.714. The Labute approximate surface area is 76.8 Å². The van der Waals surface area contributed by atoms with Gasteiger partial charge in [-0.2, -0.15) is 0 Å². The van der Waals surface area contributed by atoms with Crippen molar-refractivity contribution in [3.05, 3.63) is 0 Å². The number of methoxy groups -OCH3 is 1. The zero-order chi connectivity index (χ0) is 10.3. The van der Waals surface area contributed by atoms with E-state index < -0.39 is 11.8 Å². The number of nitrogens with one attached hydrogen (secondary N) is 2. The Kier molecular flexibility index (Phi) is 5.82. The van der Waals surface area contributed by atoms with E-state index in [1.807, 2.05) is 6.92 Å². The molecule has 6 heteroatoms. The molecule has 0 spiro atoms. The zero-order valence-electron chi connectivity index (χ0n) is 7.79. The first-order valence-electron chi connectivity index (χ1n) is 3.96. The Hall–Kier alpha value is -1.14. The number of hydrogen-bond acceptors (Lipinski definition) is 4. The first-order chi connectivity index (χ1) is 6.15. The summed E-state index contributed by atoms with van der Waals surface area (Å²) in [4.78, 5) is 21.6. The van der Waals surface area contributed by atoms with E-state index in [1.54, 1.807) is 5.43 Å². The maximum Gasteiger partial charge on any atom is 0.323 e. The molecule has 13 heavy (non-hydrogen) atoms. The smallest absolute Gasteiger partial charge is 0.323 e. The van der Waals surface area contributed by atoms with E-state index in [0.29, 0.717) is 13.0 Å². The van der Waals surface area contributed by atoms with Crippen molar-refractivity contribution >= 4 is 11.8 Å². The van der Waals surface area contributed by atoms with E-state index in [2.05, 4.69) is 5.32 Å². The average Bonchev–Trinajstić information content (AvgIpc) is 2.15. The summed E-state index contributed by atoms with van der Waals surface area (Å²) in [6.45, 7) is 2.25. The first kappa shape index (κ1) is 11.9. The summed E-state index contributed by atoms with van der Waals surface area (Å²) >= 11 is 0. The molecule has 0 radical (unpaired) electrons. The molecule has 76 valence electrons. The number of hydrogen-bond donors (Lipinski definition) is 3. The lowest BCUT2D eigenvalue weighted by molar-refractivity contribution is -0.139. The minimum atomic E-state index is -0.852. The minimum absolute atomic E-state index is 0.158. The highest BCUT2D eigenvalue weighted by molar-refractivity contribution is 6.34. The van der Waals surface area contributed by atoms with Crippen molar-refractivity contribution in [2.45, 2.75) is 19.4 Å². The number of carbonyl (C=O) groups excluding carboxylic acids is 2. The maximum absolute atomic E-state index is 11.0. The van der Waals surface area contributed by atoms with Crippen LogP contribution < -0.4 is 16.6 Å². The third-order valence-corrected chi connectivity index (χ3v) is 1.53. The zero-order valence-corrected chi connectivity index (χ0v) is 7.79. The van der Waals surface area contributed by atoms with Crippen LogP contribution in [0.5, 0.6) is 0 Å². The second-order valence-corrected chi connectivity index (χ2v) is 2.51. The summed E-state index contributed by atoms with van der Waals surface area (Å²) in [6.07, 6.45) is 0.692. The highest BCUT2D eigenvalue weighted by Gasteiger charge is 2.15. The summed E-state index contributed by atoms with van der Waals surface area (Å²) in [6, 6.07) is -0.158. The number of ether oxygens (including phenoxy) is 1. The van der Waals surface area contributed by atoms with Gasteiger partial charge in [0.2, 0.25) is 0 Å². The molecule has 2 amide bonds. The lowest BCUT2D eigenvalue weighted by Gasteiger charge is -2.14. The molecule has 0 saturated heterocycles. The molecule has 0 rings (SSSR count). The molecule has 0 heterocycles. The van der Waals surface area contributed by atoms with Crippen LogP contribution in [-0.2, 0) is 14.3 Å². The number of nitrogens with two attached hydrogens (primary N) is 1. The van der Waals surface area contributed by atoms with Gasteiger partial charge in [-0.15, -0.1) is 0 Å². The van der Waals surface area contributed by atoms with Crippen LogP contribution in [0, 0.1) is 0 Å². The molecule has 0 aliphatic rings. The average molecular weight is 189 g/mol. The number of rotatable bonds is 4. The number of amides is 2. The molecule has 0 saturated carbocycles. The van der Waals surface area contributed by atoms with E-state index in [1.165, 1.54) is 7.11 Å². The Morgan fingerprint density at radius 3 is 2.46 bits per heavy atom. The highest BCUT2D eigenvalue weighted by Crippen LogP contribution is 1.90. The molecule has 0 bridgehead atoms. The van der Waals surface area contributed by atoms with Crippen LogP contribution in [0.25, 0.3) is 0 Å². The molecule has 0 aromatic rings. The van der Waals surface area contributed by atoms with Crippen LogP contribution in [-0.4, -0.2) is 31.6 Å². The molecule has 6 nitrogen and oxygen atoms in total. The molecule has 0 aromatic carbocycles. The summed E-state index contributed by atoms with van der Waals surface area (Å²) in [5.41, 5.74) is 1.74. The van der Waals surface area contributed by atoms with Gasteiger partial charge >= 0.3 is 11.8 Å². The molecule has 0 aliphatic heterocycles. The van der Waals surface area contributed by atoms with Gasteiger partial charge in [-0.05, 0) is 6.42 Å². The SMILES string of the molecule is CCC(COC)NC(=O)C(=O)NN. The molecule has 0 aliphatic carbocycles. The molecular weight excluding hydrogens is 174 g/mol. The van der Waals surface area contributed by atoms with E-state index in [9.17, 15) is 9.59 Å². The Bertz CT molecular complexity index is 184. The fourth-order valence-electron chi connectivity index (χ4n) is 0.779. The van der Waals surface area contributed by atoms with Crippen molar-refractivity contribution in [2.24, 2.45) is 5.84 Å². The van der Waals surface area contributed by atoms with Gasteiger partial charge in [-0.25, -0.2) is 5.84 Å². The molecular formula is C7H15N3O3. The van der Waals surface area contributed by atoms with Crippen molar-refractivity contribution in [2.75, 3.05) is 13.7 Å². The second kappa shape index (κ2) is 6.38. The standard InChI is InChI=1S/C7H15N3O3/c1-3-5(4-13-2)9-6(11)7(12)10-8/h5H,3-4,8H2,1-2H3,(H,9,11)(H,10,12). The number of carbonyl (C=O) groups is 2. The highest BCUT2D eigenvalue weighted by atomic mass is 16.5. The Morgan fingerprint density at radius 2 is 2.08 bits per heavy atom. The van der Waals surface area contributed by atoms with Crippen molar-refractivity contribution < 1.29 is 14.3 Å². The van der Waals surface area contributed by atoms with Gasteiger partial charge in [0.15, 0.2) is 0 Å². The predicted octanol–water partition coefficient (Wildman–Crippen LogP) is -1.48. The van der Waals surface area contributed by atoms with Crippen LogP contribution in [0.2, 0.25) is 0 Å². The van der Waals surface area contributed by atoms with Crippen molar-refractivity contribution in [3.63, 3.8) is 0 Å². The predicted molar refractivity (Wildman–Crippen MR) is 46.4 cm³/mol. The van der Waals surface area contributed by atoms with E-state index in [0.717, 1.165) is 0 Å².